The van der Waals surface area contributed by atoms with Crippen LogP contribution in [0.25, 0.3) is 34.4 Å². The molecular weight excluding hydrogens is 544 g/mol. The van der Waals surface area contributed by atoms with E-state index in [0.717, 1.165) is 19.4 Å². The van der Waals surface area contributed by atoms with Gasteiger partial charge in [0.2, 0.25) is 0 Å². The van der Waals surface area contributed by atoms with Crippen LogP contribution in [0.2, 0.25) is 0 Å². The highest BCUT2D eigenvalue weighted by Crippen LogP contribution is 2.77. The zero-order chi connectivity index (χ0) is 31.3. The van der Waals surface area contributed by atoms with Gasteiger partial charge in [0.25, 0.3) is 0 Å². The third-order valence-electron chi connectivity index (χ3n) is 11.5. The number of benzene rings is 4. The number of allylic oxidation sites excluding steroid dienone is 2. The molecule has 1 nitrogen and oxygen atoms in total. The molecule has 0 N–H and O–H groups in total. The van der Waals surface area contributed by atoms with Crippen LogP contribution in [0.1, 0.15) is 95.4 Å². The number of fused-ring (bicyclic) bond motifs is 4. The fourth-order valence-electron chi connectivity index (χ4n) is 9.27. The van der Waals surface area contributed by atoms with Gasteiger partial charge in [-0.1, -0.05) is 147 Å². The minimum absolute atomic E-state index is 0.0158. The molecule has 7 rings (SSSR count). The zero-order valence-electron chi connectivity index (χ0n) is 27.8. The summed E-state index contributed by atoms with van der Waals surface area (Å²) in [6.45, 7) is 12.4. The van der Waals surface area contributed by atoms with Crippen molar-refractivity contribution in [2.45, 2.75) is 89.6 Å². The first-order valence-electron chi connectivity index (χ1n) is 17.1. The maximum Gasteiger partial charge on any atom is 0.0598 e. The molecule has 1 fully saturated rings. The molecule has 0 saturated heterocycles. The summed E-state index contributed by atoms with van der Waals surface area (Å²) in [6.07, 6.45) is 14.8. The average molecular weight is 593 g/mol. The van der Waals surface area contributed by atoms with Gasteiger partial charge in [-0.2, -0.15) is 0 Å². The van der Waals surface area contributed by atoms with Crippen molar-refractivity contribution in [3.8, 4) is 22.3 Å². The van der Waals surface area contributed by atoms with Crippen LogP contribution in [-0.4, -0.2) is 12.2 Å². The second kappa shape index (κ2) is 11.3. The Balaban J connectivity index is 1.27. The van der Waals surface area contributed by atoms with E-state index >= 15 is 0 Å². The van der Waals surface area contributed by atoms with E-state index in [4.69, 9.17) is 4.74 Å². The van der Waals surface area contributed by atoms with Crippen molar-refractivity contribution < 1.29 is 4.74 Å². The van der Waals surface area contributed by atoms with E-state index in [0.29, 0.717) is 0 Å². The molecule has 0 heterocycles. The lowest BCUT2D eigenvalue weighted by Crippen LogP contribution is -2.68. The van der Waals surface area contributed by atoms with Gasteiger partial charge in [-0.3, -0.25) is 0 Å². The summed E-state index contributed by atoms with van der Waals surface area (Å²) in [6, 6.07) is 36.0. The van der Waals surface area contributed by atoms with Crippen LogP contribution < -0.4 is 0 Å². The molecule has 0 aliphatic heterocycles. The van der Waals surface area contributed by atoms with Crippen LogP contribution in [-0.2, 0) is 15.6 Å². The van der Waals surface area contributed by atoms with E-state index < -0.39 is 0 Å². The van der Waals surface area contributed by atoms with Crippen LogP contribution in [0.4, 0.5) is 0 Å². The normalized spacial score (nSPS) is 24.5. The van der Waals surface area contributed by atoms with E-state index in [2.05, 4.69) is 150 Å². The van der Waals surface area contributed by atoms with E-state index in [1.54, 1.807) is 0 Å². The van der Waals surface area contributed by atoms with Crippen molar-refractivity contribution >= 4 is 12.2 Å². The fraction of sp³-hybridized carbons (Fsp3) is 0.364. The maximum atomic E-state index is 6.03. The lowest BCUT2D eigenvalue weighted by molar-refractivity contribution is -0.0566. The summed E-state index contributed by atoms with van der Waals surface area (Å²) in [7, 11) is 0. The number of hydrogen-bond donors (Lipinski definition) is 0. The first-order valence-corrected chi connectivity index (χ1v) is 17.1. The topological polar surface area (TPSA) is 9.23 Å². The van der Waals surface area contributed by atoms with Gasteiger partial charge in [0.15, 0.2) is 0 Å². The van der Waals surface area contributed by atoms with Crippen molar-refractivity contribution in [1.29, 1.82) is 0 Å². The Kier molecular flexibility index (Phi) is 7.52. The predicted molar refractivity (Wildman–Crippen MR) is 191 cm³/mol. The van der Waals surface area contributed by atoms with Crippen molar-refractivity contribution in [3.63, 3.8) is 0 Å². The van der Waals surface area contributed by atoms with Crippen molar-refractivity contribution in [2.24, 2.45) is 5.41 Å². The molecule has 3 atom stereocenters. The maximum absolute atomic E-state index is 6.03. The van der Waals surface area contributed by atoms with E-state index in [1.165, 1.54) is 75.8 Å². The van der Waals surface area contributed by atoms with Gasteiger partial charge < -0.3 is 4.74 Å². The first kappa shape index (κ1) is 30.0. The Morgan fingerprint density at radius 2 is 1.27 bits per heavy atom. The summed E-state index contributed by atoms with van der Waals surface area (Å²) in [5.41, 5.74) is 12.8. The predicted octanol–water partition coefficient (Wildman–Crippen LogP) is 11.8. The van der Waals surface area contributed by atoms with Crippen LogP contribution >= 0.6 is 0 Å². The molecule has 0 bridgehead atoms. The van der Waals surface area contributed by atoms with Crippen LogP contribution in [0.3, 0.4) is 0 Å². The third-order valence-corrected chi connectivity index (χ3v) is 11.5. The molecule has 0 radical (unpaired) electrons. The summed E-state index contributed by atoms with van der Waals surface area (Å²) in [4.78, 5) is 0. The van der Waals surface area contributed by atoms with Crippen LogP contribution in [0.15, 0.2) is 109 Å². The molecule has 2 spiro atoms. The van der Waals surface area contributed by atoms with Gasteiger partial charge in [0.05, 0.1) is 5.60 Å². The van der Waals surface area contributed by atoms with Crippen LogP contribution in [0, 0.1) is 5.41 Å². The number of rotatable bonds is 9. The first-order chi connectivity index (χ1) is 21.7. The summed E-state index contributed by atoms with van der Waals surface area (Å²) < 4.78 is 6.03. The quantitative estimate of drug-likeness (QED) is 0.176. The Morgan fingerprint density at radius 3 is 1.91 bits per heavy atom. The van der Waals surface area contributed by atoms with E-state index in [-0.39, 0.29) is 21.8 Å². The lowest BCUT2D eigenvalue weighted by Gasteiger charge is -2.70. The Morgan fingerprint density at radius 1 is 0.667 bits per heavy atom. The molecule has 4 aromatic rings. The molecule has 0 aromatic heterocycles. The van der Waals surface area contributed by atoms with Gasteiger partial charge in [0, 0.05) is 17.4 Å². The van der Waals surface area contributed by atoms with Crippen molar-refractivity contribution in [1.82, 2.24) is 0 Å². The molecular formula is C44H48O. The Hall–Kier alpha value is -3.68. The fourth-order valence-corrected chi connectivity index (χ4v) is 9.27. The number of unbranched alkanes of at least 4 members (excludes halogenated alkanes) is 3. The Bertz CT molecular complexity index is 1750. The van der Waals surface area contributed by atoms with Crippen molar-refractivity contribution in [2.75, 3.05) is 6.61 Å². The van der Waals surface area contributed by atoms with E-state index in [9.17, 15) is 0 Å². The number of hydrogen-bond acceptors (Lipinski definition) is 1. The second-order valence-electron chi connectivity index (χ2n) is 14.9. The molecule has 3 unspecified atom stereocenters. The lowest BCUT2D eigenvalue weighted by atomic mass is 9.32. The highest BCUT2D eigenvalue weighted by molar-refractivity contribution is 5.87. The molecule has 4 aromatic carbocycles. The highest BCUT2D eigenvalue weighted by Gasteiger charge is 2.73. The second-order valence-corrected chi connectivity index (χ2v) is 14.9. The summed E-state index contributed by atoms with van der Waals surface area (Å²) in [5, 5.41) is 0. The molecule has 230 valence electrons. The van der Waals surface area contributed by atoms with Crippen LogP contribution in [0.5, 0.6) is 0 Å². The van der Waals surface area contributed by atoms with Gasteiger partial charge in [0.1, 0.15) is 0 Å². The molecule has 0 amide bonds. The van der Waals surface area contributed by atoms with Gasteiger partial charge >= 0.3 is 0 Å². The smallest absolute Gasteiger partial charge is 0.0598 e. The van der Waals surface area contributed by atoms with Gasteiger partial charge in [-0.25, -0.2) is 0 Å². The third kappa shape index (κ3) is 4.69. The zero-order valence-corrected chi connectivity index (χ0v) is 27.8. The van der Waals surface area contributed by atoms with Gasteiger partial charge in [-0.15, -0.1) is 0 Å². The molecule has 1 saturated carbocycles. The summed E-state index contributed by atoms with van der Waals surface area (Å²) in [5.74, 6) is 0. The molecule has 3 aliphatic carbocycles. The Labute approximate surface area is 271 Å². The van der Waals surface area contributed by atoms with Crippen molar-refractivity contribution in [3.05, 3.63) is 131 Å². The number of ether oxygens (including phenoxy) is 1. The monoisotopic (exact) mass is 592 g/mol. The molecule has 45 heavy (non-hydrogen) atoms. The van der Waals surface area contributed by atoms with Gasteiger partial charge in [-0.05, 0) is 96.9 Å². The standard InChI is InChI=1S/C44H48O/c1-32-30-38-36(34-20-12-9-13-21-34)23-17-25-40(38)44(32)31-43(42(44,5)27-14-6-7-15-29-45-41(2,3)4)28-26-37-35(22-16-24-39(37)43)33-18-10-8-11-19-33/h8-13,16-26,28,30H,6-7,14-15,27,29,31H2,1-5H3. The molecule has 3 aliphatic rings. The highest BCUT2D eigenvalue weighted by atomic mass is 16.5. The van der Waals surface area contributed by atoms with E-state index in [1.807, 2.05) is 0 Å². The average Bonchev–Trinajstić information content (AvgIpc) is 3.59. The SMILES string of the molecule is CC1=Cc2c(-c3ccccc3)cccc2C12CC1(C=Cc3c(-c4ccccc4)cccc31)C2(C)CCCCCCOC(C)(C)C. The molecule has 1 heteroatoms. The summed E-state index contributed by atoms with van der Waals surface area (Å²) >= 11 is 0. The largest absolute Gasteiger partial charge is 0.376 e. The minimum Gasteiger partial charge on any atom is -0.376 e. The minimum atomic E-state index is -0.0582.